The summed E-state index contributed by atoms with van der Waals surface area (Å²) >= 11 is 0. The van der Waals surface area contributed by atoms with E-state index in [4.69, 9.17) is 5.73 Å². The van der Waals surface area contributed by atoms with Crippen molar-refractivity contribution < 1.29 is 33.9 Å². The van der Waals surface area contributed by atoms with Crippen molar-refractivity contribution in [1.82, 2.24) is 25.8 Å². The molecular weight excluding hydrogens is 568 g/mol. The number of hydrogen-bond acceptors (Lipinski definition) is 7. The van der Waals surface area contributed by atoms with Gasteiger partial charge in [-0.3, -0.25) is 33.8 Å². The summed E-state index contributed by atoms with van der Waals surface area (Å²) in [6.45, 7) is 3.98. The number of nitrogens with one attached hydrogen (secondary N) is 3. The third-order valence-corrected chi connectivity index (χ3v) is 7.22. The summed E-state index contributed by atoms with van der Waals surface area (Å²) in [6, 6.07) is 7.69. The Morgan fingerprint density at radius 2 is 1.59 bits per heavy atom. The predicted octanol–water partition coefficient (Wildman–Crippen LogP) is 0.318. The van der Waals surface area contributed by atoms with Gasteiger partial charge in [-0.2, -0.15) is 0 Å². The average molecular weight is 609 g/mol. The van der Waals surface area contributed by atoms with Crippen molar-refractivity contribution in [3.8, 4) is 0 Å². The molecule has 1 aliphatic heterocycles. The first kappa shape index (κ1) is 33.7. The SMILES string of the molecule is CC(C)C[C@H](NC(=O)Cc1cccnc1)C(=O)N[C@@H](CC(=O)O)C(=O)N[C@@H](Cc1ccccc1)C(=O)N1CCC[C@@H]1C(N)=O. The van der Waals surface area contributed by atoms with Crippen molar-refractivity contribution in [3.05, 3.63) is 66.0 Å². The molecule has 0 unspecified atom stereocenters. The molecular formula is C31H40N6O7. The molecule has 44 heavy (non-hydrogen) atoms. The first-order valence-corrected chi connectivity index (χ1v) is 14.6. The first-order valence-electron chi connectivity index (χ1n) is 14.6. The maximum atomic E-state index is 13.6. The molecule has 0 saturated carbocycles. The number of amides is 5. The van der Waals surface area contributed by atoms with E-state index in [1.165, 1.54) is 11.1 Å². The van der Waals surface area contributed by atoms with E-state index in [9.17, 15) is 33.9 Å². The number of hydrogen-bond donors (Lipinski definition) is 5. The zero-order chi connectivity index (χ0) is 32.2. The largest absolute Gasteiger partial charge is 0.481 e. The van der Waals surface area contributed by atoms with Gasteiger partial charge >= 0.3 is 5.97 Å². The summed E-state index contributed by atoms with van der Waals surface area (Å²) < 4.78 is 0. The number of carboxylic acids is 1. The van der Waals surface area contributed by atoms with Gasteiger partial charge in [0.15, 0.2) is 0 Å². The highest BCUT2D eigenvalue weighted by atomic mass is 16.4. The van der Waals surface area contributed by atoms with Crippen LogP contribution >= 0.6 is 0 Å². The number of benzene rings is 1. The predicted molar refractivity (Wildman–Crippen MR) is 160 cm³/mol. The molecule has 4 atom stereocenters. The second-order valence-corrected chi connectivity index (χ2v) is 11.3. The molecule has 0 radical (unpaired) electrons. The second-order valence-electron chi connectivity index (χ2n) is 11.3. The van der Waals surface area contributed by atoms with Crippen LogP contribution in [0, 0.1) is 5.92 Å². The van der Waals surface area contributed by atoms with Gasteiger partial charge in [0.1, 0.15) is 24.2 Å². The fourth-order valence-electron chi connectivity index (χ4n) is 5.14. The van der Waals surface area contributed by atoms with Crippen LogP contribution in [0.5, 0.6) is 0 Å². The number of nitrogens with zero attached hydrogens (tertiary/aromatic N) is 2. The Kier molecular flexibility index (Phi) is 12.4. The van der Waals surface area contributed by atoms with E-state index in [1.54, 1.807) is 48.7 Å². The maximum Gasteiger partial charge on any atom is 0.305 e. The number of likely N-dealkylation sites (tertiary alicyclic amines) is 1. The maximum absolute atomic E-state index is 13.6. The monoisotopic (exact) mass is 608 g/mol. The van der Waals surface area contributed by atoms with Crippen LogP contribution in [-0.4, -0.2) is 81.2 Å². The Morgan fingerprint density at radius 1 is 0.932 bits per heavy atom. The Labute approximate surface area is 256 Å². The summed E-state index contributed by atoms with van der Waals surface area (Å²) in [5.74, 6) is -4.65. The highest BCUT2D eigenvalue weighted by Crippen LogP contribution is 2.19. The lowest BCUT2D eigenvalue weighted by atomic mass is 10.0. The minimum absolute atomic E-state index is 0.0253. The zero-order valence-electron chi connectivity index (χ0n) is 24.9. The minimum atomic E-state index is -1.55. The lowest BCUT2D eigenvalue weighted by molar-refractivity contribution is -0.143. The van der Waals surface area contributed by atoms with E-state index in [0.717, 1.165) is 0 Å². The fourth-order valence-corrected chi connectivity index (χ4v) is 5.14. The smallest absolute Gasteiger partial charge is 0.305 e. The second kappa shape index (κ2) is 16.1. The van der Waals surface area contributed by atoms with Crippen LogP contribution in [0.1, 0.15) is 50.7 Å². The highest BCUT2D eigenvalue weighted by molar-refractivity contribution is 5.97. The van der Waals surface area contributed by atoms with Crippen molar-refractivity contribution in [2.45, 2.75) is 76.5 Å². The Hall–Kier alpha value is -4.81. The molecule has 1 saturated heterocycles. The van der Waals surface area contributed by atoms with Crippen LogP contribution in [0.25, 0.3) is 0 Å². The fraction of sp³-hybridized carbons (Fsp3) is 0.452. The van der Waals surface area contributed by atoms with Gasteiger partial charge in [-0.15, -0.1) is 0 Å². The number of pyridine rings is 1. The van der Waals surface area contributed by atoms with Crippen LogP contribution in [0.15, 0.2) is 54.9 Å². The minimum Gasteiger partial charge on any atom is -0.481 e. The van der Waals surface area contributed by atoms with Crippen LogP contribution in [-0.2, 0) is 41.6 Å². The number of aromatic nitrogens is 1. The Morgan fingerprint density at radius 3 is 2.20 bits per heavy atom. The van der Waals surface area contributed by atoms with Gasteiger partial charge in [-0.05, 0) is 42.4 Å². The third-order valence-electron chi connectivity index (χ3n) is 7.22. The van der Waals surface area contributed by atoms with Gasteiger partial charge in [0, 0.05) is 25.4 Å². The Balaban J connectivity index is 1.79. The number of carbonyl (C=O) groups excluding carboxylic acids is 5. The van der Waals surface area contributed by atoms with Gasteiger partial charge in [-0.25, -0.2) is 0 Å². The summed E-state index contributed by atoms with van der Waals surface area (Å²) in [6.07, 6.45) is 3.55. The van der Waals surface area contributed by atoms with Crippen molar-refractivity contribution >= 4 is 35.5 Å². The highest BCUT2D eigenvalue weighted by Gasteiger charge is 2.38. The van der Waals surface area contributed by atoms with Gasteiger partial charge in [0.25, 0.3) is 0 Å². The van der Waals surface area contributed by atoms with Gasteiger partial charge in [0.2, 0.25) is 29.5 Å². The van der Waals surface area contributed by atoms with Crippen LogP contribution in [0.3, 0.4) is 0 Å². The normalized spacial score (nSPS) is 16.4. The zero-order valence-corrected chi connectivity index (χ0v) is 24.9. The molecule has 1 aliphatic rings. The summed E-state index contributed by atoms with van der Waals surface area (Å²) in [4.78, 5) is 82.2. The topological polar surface area (TPSA) is 201 Å². The number of nitrogens with two attached hydrogens (primary N) is 1. The molecule has 0 bridgehead atoms. The van der Waals surface area contributed by atoms with E-state index in [-0.39, 0.29) is 31.7 Å². The van der Waals surface area contributed by atoms with Crippen molar-refractivity contribution in [1.29, 1.82) is 0 Å². The number of rotatable bonds is 15. The summed E-state index contributed by atoms with van der Waals surface area (Å²) in [5, 5.41) is 17.3. The molecule has 2 aromatic rings. The molecule has 236 valence electrons. The molecule has 2 heterocycles. The van der Waals surface area contributed by atoms with Gasteiger partial charge in [0.05, 0.1) is 12.8 Å². The molecule has 1 fully saturated rings. The molecule has 1 aromatic heterocycles. The molecule has 0 aliphatic carbocycles. The summed E-state index contributed by atoms with van der Waals surface area (Å²) in [5.41, 5.74) is 6.87. The van der Waals surface area contributed by atoms with Gasteiger partial charge in [-0.1, -0.05) is 50.2 Å². The van der Waals surface area contributed by atoms with Crippen molar-refractivity contribution in [2.75, 3.05) is 6.54 Å². The molecule has 0 spiro atoms. The lowest BCUT2D eigenvalue weighted by Gasteiger charge is -2.29. The number of carboxylic acid groups (broad SMARTS) is 1. The van der Waals surface area contributed by atoms with Crippen LogP contribution in [0.2, 0.25) is 0 Å². The first-order chi connectivity index (χ1) is 20.9. The molecule has 6 N–H and O–H groups in total. The quantitative estimate of drug-likeness (QED) is 0.190. The Bertz CT molecular complexity index is 1320. The van der Waals surface area contributed by atoms with E-state index in [1.807, 2.05) is 13.8 Å². The standard InChI is InChI=1S/C31H40N6O7/c1-19(2)14-22(34-26(38)16-21-10-6-12-33-18-21)29(42)35-23(17-27(39)40)30(43)36-24(15-20-8-4-3-5-9-20)31(44)37-13-7-11-25(37)28(32)41/h3-6,8-10,12,18-19,22-25H,7,11,13-17H2,1-2H3,(H2,32,41)(H,34,38)(H,35,42)(H,36,43)(H,39,40)/t22-,23-,24-,25+/m0/s1. The van der Waals surface area contributed by atoms with E-state index < -0.39 is 66.1 Å². The number of primary amides is 1. The van der Waals surface area contributed by atoms with Crippen molar-refractivity contribution in [2.24, 2.45) is 11.7 Å². The summed E-state index contributed by atoms with van der Waals surface area (Å²) in [7, 11) is 0. The van der Waals surface area contributed by atoms with E-state index in [2.05, 4.69) is 20.9 Å². The number of carbonyl (C=O) groups is 6. The average Bonchev–Trinajstić information content (AvgIpc) is 3.47. The lowest BCUT2D eigenvalue weighted by Crippen LogP contribution is -2.59. The molecule has 3 rings (SSSR count). The van der Waals surface area contributed by atoms with E-state index >= 15 is 0 Å². The molecule has 13 heteroatoms. The third kappa shape index (κ3) is 10.2. The number of aliphatic carboxylic acids is 1. The van der Waals surface area contributed by atoms with E-state index in [0.29, 0.717) is 24.0 Å². The molecule has 13 nitrogen and oxygen atoms in total. The van der Waals surface area contributed by atoms with Crippen LogP contribution < -0.4 is 21.7 Å². The van der Waals surface area contributed by atoms with Crippen molar-refractivity contribution in [3.63, 3.8) is 0 Å². The van der Waals surface area contributed by atoms with Crippen LogP contribution in [0.4, 0.5) is 0 Å². The molecule has 5 amide bonds. The van der Waals surface area contributed by atoms with Gasteiger partial charge < -0.3 is 31.7 Å². The molecule has 1 aromatic carbocycles.